The molecule has 19 heavy (non-hydrogen) atoms. The summed E-state index contributed by atoms with van der Waals surface area (Å²) in [5.41, 5.74) is 0. The van der Waals surface area contributed by atoms with Crippen LogP contribution < -0.4 is 0 Å². The summed E-state index contributed by atoms with van der Waals surface area (Å²) in [5.74, 6) is 0.609. The molecule has 0 N–H and O–H groups in total. The van der Waals surface area contributed by atoms with Crippen LogP contribution in [0.3, 0.4) is 0 Å². The van der Waals surface area contributed by atoms with Crippen molar-refractivity contribution in [3.05, 3.63) is 0 Å². The highest BCUT2D eigenvalue weighted by Crippen LogP contribution is 2.05. The second-order valence-electron chi connectivity index (χ2n) is 5.30. The molecule has 0 radical (unpaired) electrons. The zero-order chi connectivity index (χ0) is 14.5. The second kappa shape index (κ2) is 12.4. The highest BCUT2D eigenvalue weighted by Gasteiger charge is 2.07. The van der Waals surface area contributed by atoms with Crippen LogP contribution in [0.15, 0.2) is 0 Å². The molecule has 0 aromatic carbocycles. The van der Waals surface area contributed by atoms with Gasteiger partial charge in [-0.3, -0.25) is 4.79 Å². The smallest absolute Gasteiger partial charge is 0.305 e. The minimum absolute atomic E-state index is 0.0686. The van der Waals surface area contributed by atoms with Crippen molar-refractivity contribution in [2.75, 3.05) is 40.0 Å². The fourth-order valence-corrected chi connectivity index (χ4v) is 2.05. The van der Waals surface area contributed by atoms with Crippen LogP contribution in [0.25, 0.3) is 0 Å². The number of hydrogen-bond acceptors (Lipinski definition) is 4. The summed E-state index contributed by atoms with van der Waals surface area (Å²) in [4.78, 5) is 13.6. The van der Waals surface area contributed by atoms with E-state index in [4.69, 9.17) is 9.47 Å². The molecule has 0 aromatic rings. The fourth-order valence-electron chi connectivity index (χ4n) is 2.05. The van der Waals surface area contributed by atoms with E-state index in [-0.39, 0.29) is 5.97 Å². The Bertz CT molecular complexity index is 219. The zero-order valence-electron chi connectivity index (χ0n) is 13.1. The van der Waals surface area contributed by atoms with Gasteiger partial charge in [0.25, 0.3) is 0 Å². The van der Waals surface area contributed by atoms with Gasteiger partial charge in [0.05, 0.1) is 13.2 Å². The molecule has 0 aliphatic heterocycles. The van der Waals surface area contributed by atoms with Gasteiger partial charge < -0.3 is 14.4 Å². The van der Waals surface area contributed by atoms with E-state index in [1.807, 2.05) is 6.92 Å². The Labute approximate surface area is 118 Å². The molecule has 4 heteroatoms. The van der Waals surface area contributed by atoms with Crippen molar-refractivity contribution in [3.63, 3.8) is 0 Å². The van der Waals surface area contributed by atoms with E-state index in [9.17, 15) is 4.79 Å². The van der Waals surface area contributed by atoms with Crippen LogP contribution >= 0.6 is 0 Å². The SMILES string of the molecule is CCOC(=O)CCCCCN(CCOC)CC(C)C. The van der Waals surface area contributed by atoms with Gasteiger partial charge in [0.2, 0.25) is 0 Å². The number of carbonyl (C=O) groups is 1. The van der Waals surface area contributed by atoms with Crippen molar-refractivity contribution in [1.29, 1.82) is 0 Å². The van der Waals surface area contributed by atoms with Crippen molar-refractivity contribution in [1.82, 2.24) is 4.90 Å². The molecule has 0 aliphatic rings. The van der Waals surface area contributed by atoms with Gasteiger partial charge in [-0.05, 0) is 32.2 Å². The molecular formula is C15H31NO3. The van der Waals surface area contributed by atoms with E-state index >= 15 is 0 Å². The van der Waals surface area contributed by atoms with E-state index < -0.39 is 0 Å². The first-order valence-corrected chi connectivity index (χ1v) is 7.47. The predicted octanol–water partition coefficient (Wildman–Crippen LogP) is 2.71. The Hall–Kier alpha value is -0.610. The van der Waals surface area contributed by atoms with Gasteiger partial charge in [0.1, 0.15) is 0 Å². The number of unbranched alkanes of at least 4 members (excludes halogenated alkanes) is 2. The fraction of sp³-hybridized carbons (Fsp3) is 0.933. The van der Waals surface area contributed by atoms with Gasteiger partial charge in [-0.1, -0.05) is 20.3 Å². The minimum Gasteiger partial charge on any atom is -0.466 e. The molecule has 0 saturated heterocycles. The number of esters is 1. The summed E-state index contributed by atoms with van der Waals surface area (Å²) in [6.07, 6.45) is 3.70. The topological polar surface area (TPSA) is 38.8 Å². The highest BCUT2D eigenvalue weighted by molar-refractivity contribution is 5.69. The van der Waals surface area contributed by atoms with Crippen LogP contribution in [0, 0.1) is 5.92 Å². The van der Waals surface area contributed by atoms with Crippen molar-refractivity contribution in [3.8, 4) is 0 Å². The quantitative estimate of drug-likeness (QED) is 0.405. The Kier molecular flexibility index (Phi) is 12.0. The van der Waals surface area contributed by atoms with Gasteiger partial charge >= 0.3 is 5.97 Å². The van der Waals surface area contributed by atoms with Gasteiger partial charge in [0.15, 0.2) is 0 Å². The third-order valence-electron chi connectivity index (χ3n) is 2.90. The van der Waals surface area contributed by atoms with Crippen LogP contribution in [0.4, 0.5) is 0 Å². The molecule has 0 aliphatic carbocycles. The predicted molar refractivity (Wildman–Crippen MR) is 78.3 cm³/mol. The summed E-state index contributed by atoms with van der Waals surface area (Å²) >= 11 is 0. The van der Waals surface area contributed by atoms with E-state index in [2.05, 4.69) is 18.7 Å². The third kappa shape index (κ3) is 12.2. The van der Waals surface area contributed by atoms with Crippen molar-refractivity contribution < 1.29 is 14.3 Å². The Morgan fingerprint density at radius 2 is 1.89 bits per heavy atom. The standard InChI is InChI=1S/C15H31NO3/c1-5-19-15(17)9-7-6-8-10-16(11-12-18-4)13-14(2)3/h14H,5-13H2,1-4H3. The van der Waals surface area contributed by atoms with Gasteiger partial charge in [-0.25, -0.2) is 0 Å². The number of ether oxygens (including phenoxy) is 2. The van der Waals surface area contributed by atoms with Crippen LogP contribution in [-0.4, -0.2) is 50.8 Å². The monoisotopic (exact) mass is 273 g/mol. The number of carbonyl (C=O) groups excluding carboxylic acids is 1. The lowest BCUT2D eigenvalue weighted by Crippen LogP contribution is -2.32. The van der Waals surface area contributed by atoms with Crippen LogP contribution in [-0.2, 0) is 14.3 Å². The average Bonchev–Trinajstić information content (AvgIpc) is 2.35. The van der Waals surface area contributed by atoms with E-state index in [0.29, 0.717) is 18.9 Å². The lowest BCUT2D eigenvalue weighted by molar-refractivity contribution is -0.143. The maximum absolute atomic E-state index is 11.2. The molecule has 0 fully saturated rings. The second-order valence-corrected chi connectivity index (χ2v) is 5.30. The molecule has 0 saturated carbocycles. The summed E-state index contributed by atoms with van der Waals surface area (Å²) in [6.45, 7) is 10.8. The third-order valence-corrected chi connectivity index (χ3v) is 2.90. The average molecular weight is 273 g/mol. The van der Waals surface area contributed by atoms with E-state index in [1.165, 1.54) is 0 Å². The number of methoxy groups -OCH3 is 1. The summed E-state index contributed by atoms with van der Waals surface area (Å²) < 4.78 is 10.0. The highest BCUT2D eigenvalue weighted by atomic mass is 16.5. The number of nitrogens with zero attached hydrogens (tertiary/aromatic N) is 1. The first-order chi connectivity index (χ1) is 9.10. The maximum atomic E-state index is 11.2. The van der Waals surface area contributed by atoms with Crippen molar-refractivity contribution in [2.45, 2.75) is 46.5 Å². The normalized spacial score (nSPS) is 11.3. The van der Waals surface area contributed by atoms with Crippen LogP contribution in [0.1, 0.15) is 46.5 Å². The summed E-state index contributed by atoms with van der Waals surface area (Å²) in [7, 11) is 1.74. The molecule has 0 spiro atoms. The first kappa shape index (κ1) is 18.4. The zero-order valence-corrected chi connectivity index (χ0v) is 13.1. The molecule has 0 atom stereocenters. The van der Waals surface area contributed by atoms with Crippen LogP contribution in [0.2, 0.25) is 0 Å². The molecule has 0 aromatic heterocycles. The lowest BCUT2D eigenvalue weighted by Gasteiger charge is -2.23. The van der Waals surface area contributed by atoms with Crippen molar-refractivity contribution in [2.24, 2.45) is 5.92 Å². The molecule has 0 heterocycles. The Morgan fingerprint density at radius 3 is 2.47 bits per heavy atom. The molecule has 4 nitrogen and oxygen atoms in total. The number of hydrogen-bond donors (Lipinski definition) is 0. The minimum atomic E-state index is -0.0686. The maximum Gasteiger partial charge on any atom is 0.305 e. The summed E-state index contributed by atoms with van der Waals surface area (Å²) in [6, 6.07) is 0. The molecule has 0 rings (SSSR count). The summed E-state index contributed by atoms with van der Waals surface area (Å²) in [5, 5.41) is 0. The first-order valence-electron chi connectivity index (χ1n) is 7.47. The van der Waals surface area contributed by atoms with Crippen molar-refractivity contribution >= 4 is 5.97 Å². The Balaban J connectivity index is 3.64. The molecular weight excluding hydrogens is 242 g/mol. The van der Waals surface area contributed by atoms with Gasteiger partial charge in [-0.15, -0.1) is 0 Å². The number of rotatable bonds is 12. The van der Waals surface area contributed by atoms with E-state index in [1.54, 1.807) is 7.11 Å². The van der Waals surface area contributed by atoms with Gasteiger partial charge in [0, 0.05) is 26.6 Å². The van der Waals surface area contributed by atoms with E-state index in [0.717, 1.165) is 45.5 Å². The Morgan fingerprint density at radius 1 is 1.16 bits per heavy atom. The van der Waals surface area contributed by atoms with Crippen LogP contribution in [0.5, 0.6) is 0 Å². The van der Waals surface area contributed by atoms with Gasteiger partial charge in [-0.2, -0.15) is 0 Å². The lowest BCUT2D eigenvalue weighted by atomic mass is 10.1. The molecule has 0 bridgehead atoms. The molecule has 0 unspecified atom stereocenters. The molecule has 114 valence electrons. The largest absolute Gasteiger partial charge is 0.466 e. The molecule has 0 amide bonds.